The highest BCUT2D eigenvalue weighted by Gasteiger charge is 2.25. The van der Waals surface area contributed by atoms with Crippen molar-refractivity contribution < 1.29 is 9.47 Å². The van der Waals surface area contributed by atoms with Crippen LogP contribution < -0.4 is 14.8 Å². The third-order valence-electron chi connectivity index (χ3n) is 5.86. The fraction of sp³-hybridized carbons (Fsp3) is 0.409. The topological polar surface area (TPSA) is 73.6 Å². The van der Waals surface area contributed by atoms with Gasteiger partial charge in [-0.2, -0.15) is 9.61 Å². The van der Waals surface area contributed by atoms with E-state index in [0.29, 0.717) is 5.92 Å². The van der Waals surface area contributed by atoms with E-state index in [9.17, 15) is 0 Å². The monoisotopic (exact) mass is 423 g/mol. The average Bonchev–Trinajstić information content (AvgIpc) is 3.38. The van der Waals surface area contributed by atoms with E-state index in [-0.39, 0.29) is 0 Å². The number of nitrogens with one attached hydrogen (secondary N) is 1. The second-order valence-electron chi connectivity index (χ2n) is 7.71. The Labute approximate surface area is 179 Å². The van der Waals surface area contributed by atoms with Gasteiger partial charge in [-0.3, -0.25) is 0 Å². The number of benzene rings is 1. The summed E-state index contributed by atoms with van der Waals surface area (Å²) in [4.78, 5) is 12.0. The second kappa shape index (κ2) is 7.75. The summed E-state index contributed by atoms with van der Waals surface area (Å²) in [6.07, 6.45) is 6.07. The maximum Gasteiger partial charge on any atom is 0.227 e. The van der Waals surface area contributed by atoms with Crippen LogP contribution in [0.2, 0.25) is 0 Å². The molecule has 0 fully saturated rings. The van der Waals surface area contributed by atoms with Crippen molar-refractivity contribution in [2.45, 2.75) is 38.5 Å². The fourth-order valence-electron chi connectivity index (χ4n) is 4.37. The number of thiophene rings is 1. The first-order valence-electron chi connectivity index (χ1n) is 10.3. The Hall–Kier alpha value is -2.87. The zero-order valence-electron chi connectivity index (χ0n) is 17.4. The van der Waals surface area contributed by atoms with Crippen LogP contribution in [-0.4, -0.2) is 40.3 Å². The molecule has 8 heteroatoms. The third-order valence-corrected chi connectivity index (χ3v) is 7.02. The first-order chi connectivity index (χ1) is 14.7. The Balaban J connectivity index is 1.43. The van der Waals surface area contributed by atoms with Crippen molar-refractivity contribution in [2.75, 3.05) is 26.1 Å². The molecule has 156 valence electrons. The molecule has 0 saturated carbocycles. The molecule has 1 aliphatic rings. The molecular weight excluding hydrogens is 398 g/mol. The summed E-state index contributed by atoms with van der Waals surface area (Å²) < 4.78 is 12.6. The van der Waals surface area contributed by atoms with Gasteiger partial charge in [0.2, 0.25) is 5.95 Å². The van der Waals surface area contributed by atoms with Crippen molar-refractivity contribution >= 4 is 33.1 Å². The van der Waals surface area contributed by atoms with E-state index in [4.69, 9.17) is 14.5 Å². The summed E-state index contributed by atoms with van der Waals surface area (Å²) in [7, 11) is 3.30. The molecule has 1 N–H and O–H groups in total. The lowest BCUT2D eigenvalue weighted by atomic mass is 9.87. The highest BCUT2D eigenvalue weighted by molar-refractivity contribution is 7.19. The van der Waals surface area contributed by atoms with Crippen molar-refractivity contribution in [1.82, 2.24) is 19.6 Å². The molecule has 5 rings (SSSR count). The molecule has 7 nitrogen and oxygen atoms in total. The summed E-state index contributed by atoms with van der Waals surface area (Å²) in [5, 5.41) is 9.09. The lowest BCUT2D eigenvalue weighted by Gasteiger charge is -2.18. The van der Waals surface area contributed by atoms with Crippen LogP contribution in [0.5, 0.6) is 11.5 Å². The van der Waals surface area contributed by atoms with Crippen LogP contribution in [0.15, 0.2) is 24.5 Å². The largest absolute Gasteiger partial charge is 0.493 e. The quantitative estimate of drug-likeness (QED) is 0.494. The first kappa shape index (κ1) is 19.1. The number of aryl methyl sites for hydroxylation is 1. The number of aromatic nitrogens is 4. The van der Waals surface area contributed by atoms with Crippen molar-refractivity contribution in [3.63, 3.8) is 0 Å². The van der Waals surface area contributed by atoms with Crippen LogP contribution >= 0.6 is 11.3 Å². The van der Waals surface area contributed by atoms with Crippen LogP contribution in [0.4, 0.5) is 5.95 Å². The van der Waals surface area contributed by atoms with Gasteiger partial charge in [0.1, 0.15) is 11.2 Å². The SMILES string of the molecule is COc1ccc(CCNc2nc3sc4c(c3c3ncnn23)[C@H](C)CCC4)cc1OC. The normalized spacial score (nSPS) is 16.0. The molecule has 0 spiro atoms. The summed E-state index contributed by atoms with van der Waals surface area (Å²) >= 11 is 1.81. The number of ether oxygens (including phenoxy) is 2. The number of methoxy groups -OCH3 is 2. The molecule has 3 heterocycles. The van der Waals surface area contributed by atoms with Gasteiger partial charge in [-0.25, -0.2) is 9.97 Å². The van der Waals surface area contributed by atoms with E-state index in [1.54, 1.807) is 20.5 Å². The summed E-state index contributed by atoms with van der Waals surface area (Å²) in [5.41, 5.74) is 3.50. The fourth-order valence-corrected chi connectivity index (χ4v) is 5.70. The molecule has 3 aromatic heterocycles. The lowest BCUT2D eigenvalue weighted by molar-refractivity contribution is 0.354. The Kier molecular flexibility index (Phi) is 4.94. The van der Waals surface area contributed by atoms with Gasteiger partial charge in [0, 0.05) is 11.4 Å². The van der Waals surface area contributed by atoms with Crippen LogP contribution in [0.3, 0.4) is 0 Å². The van der Waals surface area contributed by atoms with Gasteiger partial charge in [-0.15, -0.1) is 11.3 Å². The minimum absolute atomic E-state index is 0.550. The zero-order chi connectivity index (χ0) is 20.7. The number of nitrogens with zero attached hydrogens (tertiary/aromatic N) is 4. The summed E-state index contributed by atoms with van der Waals surface area (Å²) in [6, 6.07) is 6.00. The summed E-state index contributed by atoms with van der Waals surface area (Å²) in [5.74, 6) is 2.77. The van der Waals surface area contributed by atoms with Gasteiger partial charge in [-0.05, 0) is 54.9 Å². The van der Waals surface area contributed by atoms with E-state index in [0.717, 1.165) is 52.9 Å². The van der Waals surface area contributed by atoms with Crippen molar-refractivity contribution in [3.05, 3.63) is 40.5 Å². The zero-order valence-corrected chi connectivity index (χ0v) is 18.3. The molecule has 0 saturated heterocycles. The molecule has 1 atom stereocenters. The van der Waals surface area contributed by atoms with Crippen LogP contribution in [0, 0.1) is 0 Å². The molecule has 1 aliphatic carbocycles. The second-order valence-corrected chi connectivity index (χ2v) is 8.79. The maximum atomic E-state index is 5.41. The Morgan fingerprint density at radius 3 is 2.93 bits per heavy atom. The number of anilines is 1. The van der Waals surface area contributed by atoms with Crippen LogP contribution in [0.1, 0.15) is 41.7 Å². The first-order valence-corrected chi connectivity index (χ1v) is 11.1. The average molecular weight is 424 g/mol. The highest BCUT2D eigenvalue weighted by Crippen LogP contribution is 2.43. The third kappa shape index (κ3) is 3.15. The lowest BCUT2D eigenvalue weighted by Crippen LogP contribution is -2.11. The Morgan fingerprint density at radius 2 is 2.10 bits per heavy atom. The molecular formula is C22H25N5O2S. The smallest absolute Gasteiger partial charge is 0.227 e. The van der Waals surface area contributed by atoms with Crippen LogP contribution in [-0.2, 0) is 12.8 Å². The molecule has 1 aromatic carbocycles. The van der Waals surface area contributed by atoms with E-state index in [1.807, 2.05) is 28.0 Å². The number of hydrogen-bond donors (Lipinski definition) is 1. The van der Waals surface area contributed by atoms with Gasteiger partial charge in [0.25, 0.3) is 0 Å². The molecule has 0 unspecified atom stereocenters. The van der Waals surface area contributed by atoms with Gasteiger partial charge in [-0.1, -0.05) is 13.0 Å². The van der Waals surface area contributed by atoms with Gasteiger partial charge < -0.3 is 14.8 Å². The molecule has 0 radical (unpaired) electrons. The number of rotatable bonds is 6. The van der Waals surface area contributed by atoms with E-state index in [2.05, 4.69) is 28.4 Å². The van der Waals surface area contributed by atoms with E-state index >= 15 is 0 Å². The van der Waals surface area contributed by atoms with Crippen molar-refractivity contribution in [2.24, 2.45) is 0 Å². The minimum Gasteiger partial charge on any atom is -0.493 e. The van der Waals surface area contributed by atoms with Gasteiger partial charge >= 0.3 is 0 Å². The molecule has 0 amide bonds. The number of fused-ring (bicyclic) bond motifs is 5. The minimum atomic E-state index is 0.550. The maximum absolute atomic E-state index is 5.41. The predicted octanol–water partition coefficient (Wildman–Crippen LogP) is 4.45. The molecule has 0 aliphatic heterocycles. The van der Waals surface area contributed by atoms with E-state index < -0.39 is 0 Å². The van der Waals surface area contributed by atoms with Crippen molar-refractivity contribution in [3.8, 4) is 11.5 Å². The molecule has 0 bridgehead atoms. The highest BCUT2D eigenvalue weighted by atomic mass is 32.1. The number of hydrogen-bond acceptors (Lipinski definition) is 7. The Bertz CT molecular complexity index is 1220. The van der Waals surface area contributed by atoms with Crippen LogP contribution in [0.25, 0.3) is 15.9 Å². The standard InChI is InChI=1S/C22H25N5O2S/c1-13-5-4-6-17-18(13)19-20-24-12-25-27(20)22(26-21(19)30-17)23-10-9-14-7-8-15(28-2)16(11-14)29-3/h7-8,11-13H,4-6,9-10H2,1-3H3,(H,23,26)/t13-/m1/s1. The Morgan fingerprint density at radius 1 is 1.23 bits per heavy atom. The molecule has 4 aromatic rings. The van der Waals surface area contributed by atoms with Gasteiger partial charge in [0.05, 0.1) is 19.6 Å². The van der Waals surface area contributed by atoms with Crippen molar-refractivity contribution in [1.29, 1.82) is 0 Å². The molecule has 30 heavy (non-hydrogen) atoms. The van der Waals surface area contributed by atoms with E-state index in [1.165, 1.54) is 28.7 Å². The predicted molar refractivity (Wildman–Crippen MR) is 119 cm³/mol. The van der Waals surface area contributed by atoms with Gasteiger partial charge in [0.15, 0.2) is 17.1 Å². The summed E-state index contributed by atoms with van der Waals surface area (Å²) in [6.45, 7) is 3.04.